The monoisotopic (exact) mass is 538 g/mol. The van der Waals surface area contributed by atoms with Crippen molar-refractivity contribution < 1.29 is 24.7 Å². The molecule has 7 heteroatoms. The van der Waals surface area contributed by atoms with E-state index in [9.17, 15) is 15.3 Å². The number of hydrogen-bond acceptors (Lipinski definition) is 5. The summed E-state index contributed by atoms with van der Waals surface area (Å²) in [5, 5.41) is 32.4. The van der Waals surface area contributed by atoms with E-state index in [1.54, 1.807) is 27.7 Å². The zero-order chi connectivity index (χ0) is 30.2. The van der Waals surface area contributed by atoms with Gasteiger partial charge in [0.05, 0.1) is 22.4 Å². The molecule has 0 aliphatic heterocycles. The van der Waals surface area contributed by atoms with E-state index in [-0.39, 0.29) is 31.2 Å². The Morgan fingerprint density at radius 2 is 1.10 bits per heavy atom. The minimum atomic E-state index is -1.34. The Kier molecular flexibility index (Phi) is 9.63. The highest BCUT2D eigenvalue weighted by atomic mass is 16.5. The van der Waals surface area contributed by atoms with E-state index in [1.807, 2.05) is 19.9 Å². The SMILES string of the molecule is Bc1cc(Oc2cc(BOC(C)(C)C(C)(O)CCC(C)(O)C(C)(C)O)cc(C(C)(C)C)c2)cc(C(C)(C)C)c1. The van der Waals surface area contributed by atoms with Crippen LogP contribution in [0.5, 0.6) is 11.5 Å². The van der Waals surface area contributed by atoms with E-state index in [4.69, 9.17) is 9.39 Å². The summed E-state index contributed by atoms with van der Waals surface area (Å²) >= 11 is 0. The minimum Gasteiger partial charge on any atom is -0.457 e. The van der Waals surface area contributed by atoms with Gasteiger partial charge in [0.1, 0.15) is 19.3 Å². The molecule has 0 heterocycles. The van der Waals surface area contributed by atoms with Crippen LogP contribution in [0.2, 0.25) is 0 Å². The number of aliphatic hydroxyl groups is 3. The van der Waals surface area contributed by atoms with E-state index in [2.05, 4.69) is 79.7 Å². The highest BCUT2D eigenvalue weighted by molar-refractivity contribution is 6.47. The fourth-order valence-corrected chi connectivity index (χ4v) is 4.12. The number of rotatable bonds is 10. The fraction of sp³-hybridized carbons (Fsp3) is 0.625. The zero-order valence-electron chi connectivity index (χ0n) is 26.7. The molecule has 0 saturated carbocycles. The maximum atomic E-state index is 11.4. The lowest BCUT2D eigenvalue weighted by Gasteiger charge is -2.43. The van der Waals surface area contributed by atoms with Crippen molar-refractivity contribution in [3.05, 3.63) is 47.5 Å². The maximum absolute atomic E-state index is 11.4. The molecule has 0 spiro atoms. The molecule has 0 radical (unpaired) electrons. The second-order valence-electron chi connectivity index (χ2n) is 14.9. The summed E-state index contributed by atoms with van der Waals surface area (Å²) in [5.41, 5.74) is -0.414. The summed E-state index contributed by atoms with van der Waals surface area (Å²) in [6, 6.07) is 12.6. The maximum Gasteiger partial charge on any atom is 0.309 e. The third-order valence-corrected chi connectivity index (χ3v) is 8.30. The van der Waals surface area contributed by atoms with Gasteiger partial charge in [-0.1, -0.05) is 59.1 Å². The van der Waals surface area contributed by atoms with Crippen molar-refractivity contribution >= 4 is 26.3 Å². The molecule has 2 aromatic rings. The van der Waals surface area contributed by atoms with Gasteiger partial charge in [0.25, 0.3) is 0 Å². The predicted octanol–water partition coefficient (Wildman–Crippen LogP) is 4.16. The normalized spacial score (nSPS) is 16.4. The molecular formula is C32H52B2O5. The van der Waals surface area contributed by atoms with Crippen molar-refractivity contribution in [2.24, 2.45) is 0 Å². The van der Waals surface area contributed by atoms with Crippen LogP contribution in [0.3, 0.4) is 0 Å². The van der Waals surface area contributed by atoms with Crippen molar-refractivity contribution in [1.82, 2.24) is 0 Å². The molecule has 39 heavy (non-hydrogen) atoms. The van der Waals surface area contributed by atoms with Crippen LogP contribution < -0.4 is 15.7 Å². The average Bonchev–Trinajstić information content (AvgIpc) is 2.74. The summed E-state index contributed by atoms with van der Waals surface area (Å²) in [6.45, 7) is 23.3. The zero-order valence-corrected chi connectivity index (χ0v) is 26.7. The van der Waals surface area contributed by atoms with Gasteiger partial charge in [0.2, 0.25) is 0 Å². The molecule has 0 amide bonds. The molecular weight excluding hydrogens is 486 g/mol. The summed E-state index contributed by atoms with van der Waals surface area (Å²) in [6.07, 6.45) is 0.484. The van der Waals surface area contributed by atoms with Crippen molar-refractivity contribution in [2.75, 3.05) is 0 Å². The first-order valence-electron chi connectivity index (χ1n) is 14.1. The molecule has 0 fully saturated rings. The van der Waals surface area contributed by atoms with Gasteiger partial charge in [0, 0.05) is 0 Å². The topological polar surface area (TPSA) is 79.2 Å². The average molecular weight is 538 g/mol. The van der Waals surface area contributed by atoms with E-state index < -0.39 is 22.4 Å². The Morgan fingerprint density at radius 1 is 0.641 bits per heavy atom. The van der Waals surface area contributed by atoms with E-state index in [0.717, 1.165) is 28.0 Å². The highest BCUT2D eigenvalue weighted by Gasteiger charge is 2.44. The van der Waals surface area contributed by atoms with Gasteiger partial charge >= 0.3 is 7.48 Å². The van der Waals surface area contributed by atoms with Gasteiger partial charge in [-0.3, -0.25) is 0 Å². The first-order valence-corrected chi connectivity index (χ1v) is 14.1. The molecule has 2 rings (SSSR count). The molecule has 2 atom stereocenters. The van der Waals surface area contributed by atoms with Crippen molar-refractivity contribution in [2.45, 2.75) is 129 Å². The number of ether oxygens (including phenoxy) is 1. The van der Waals surface area contributed by atoms with Crippen molar-refractivity contribution in [1.29, 1.82) is 0 Å². The van der Waals surface area contributed by atoms with Crippen LogP contribution in [0.1, 0.15) is 107 Å². The van der Waals surface area contributed by atoms with Crippen LogP contribution in [0, 0.1) is 0 Å². The summed E-state index contributed by atoms with van der Waals surface area (Å²) < 4.78 is 12.8. The number of hydrogen-bond donors (Lipinski definition) is 3. The molecule has 0 saturated heterocycles. The van der Waals surface area contributed by atoms with Crippen LogP contribution in [0.15, 0.2) is 36.4 Å². The predicted molar refractivity (Wildman–Crippen MR) is 167 cm³/mol. The third-order valence-electron chi connectivity index (χ3n) is 8.30. The first-order chi connectivity index (χ1) is 17.3. The Hall–Kier alpha value is -1.79. The second-order valence-corrected chi connectivity index (χ2v) is 14.9. The lowest BCUT2D eigenvalue weighted by atomic mass is 9.75. The molecule has 0 aliphatic rings. The van der Waals surface area contributed by atoms with Crippen LogP contribution in [0.25, 0.3) is 0 Å². The van der Waals surface area contributed by atoms with E-state index in [0.29, 0.717) is 0 Å². The Bertz CT molecular complexity index is 1130. The minimum absolute atomic E-state index is 0.0132. The van der Waals surface area contributed by atoms with Gasteiger partial charge in [-0.25, -0.2) is 0 Å². The lowest BCUT2D eigenvalue weighted by Crippen LogP contribution is -2.54. The Balaban J connectivity index is 2.31. The third kappa shape index (κ3) is 8.85. The highest BCUT2D eigenvalue weighted by Crippen LogP contribution is 2.35. The Labute approximate surface area is 239 Å². The van der Waals surface area contributed by atoms with Crippen LogP contribution in [-0.2, 0) is 15.5 Å². The van der Waals surface area contributed by atoms with Crippen molar-refractivity contribution in [3.63, 3.8) is 0 Å². The quantitative estimate of drug-likeness (QED) is 0.396. The van der Waals surface area contributed by atoms with Gasteiger partial charge in [-0.15, -0.1) is 0 Å². The lowest BCUT2D eigenvalue weighted by molar-refractivity contribution is -0.151. The summed E-state index contributed by atoms with van der Waals surface area (Å²) in [7, 11) is 2.37. The van der Waals surface area contributed by atoms with Crippen LogP contribution in [-0.4, -0.2) is 53.1 Å². The van der Waals surface area contributed by atoms with Gasteiger partial charge in [-0.05, 0) is 106 Å². The Morgan fingerprint density at radius 3 is 1.59 bits per heavy atom. The fourth-order valence-electron chi connectivity index (χ4n) is 4.12. The summed E-state index contributed by atoms with van der Waals surface area (Å²) in [4.78, 5) is 0. The molecule has 216 valence electrons. The van der Waals surface area contributed by atoms with E-state index in [1.165, 1.54) is 5.56 Å². The smallest absolute Gasteiger partial charge is 0.309 e. The number of benzene rings is 2. The first kappa shape index (κ1) is 33.4. The van der Waals surface area contributed by atoms with E-state index >= 15 is 0 Å². The summed E-state index contributed by atoms with van der Waals surface area (Å²) in [5.74, 6) is 1.55. The van der Waals surface area contributed by atoms with Crippen LogP contribution in [0.4, 0.5) is 0 Å². The standard InChI is InChI=1S/C32H52B2O5/c1-27(2,3)21-15-23(33)19-25(17-21)38-26-18-22(28(4,5)6)16-24(20-26)34-39-30(9,10)32(12,37)14-13-31(11,36)29(7,8)35/h15-20,34-37H,13-14,33H2,1-12H3. The van der Waals surface area contributed by atoms with Gasteiger partial charge in [-0.2, -0.15) is 0 Å². The van der Waals surface area contributed by atoms with Gasteiger partial charge in [0.15, 0.2) is 0 Å². The molecule has 0 bridgehead atoms. The second kappa shape index (κ2) is 11.2. The van der Waals surface area contributed by atoms with Gasteiger partial charge < -0.3 is 24.7 Å². The van der Waals surface area contributed by atoms with Crippen LogP contribution >= 0.6 is 0 Å². The molecule has 3 N–H and O–H groups in total. The molecule has 2 aromatic carbocycles. The molecule has 5 nitrogen and oxygen atoms in total. The molecule has 2 unspecified atom stereocenters. The molecule has 0 aliphatic carbocycles. The largest absolute Gasteiger partial charge is 0.457 e. The van der Waals surface area contributed by atoms with Crippen molar-refractivity contribution in [3.8, 4) is 11.5 Å². The molecule has 0 aromatic heterocycles.